The van der Waals surface area contributed by atoms with Gasteiger partial charge in [0.1, 0.15) is 5.75 Å². The number of nitro groups is 1. The highest BCUT2D eigenvalue weighted by atomic mass is 16.6. The molecule has 0 unspecified atom stereocenters. The Bertz CT molecular complexity index is 893. The van der Waals surface area contributed by atoms with Gasteiger partial charge in [-0.3, -0.25) is 10.1 Å². The van der Waals surface area contributed by atoms with Crippen LogP contribution in [0.4, 0.5) is 11.4 Å². The van der Waals surface area contributed by atoms with Crippen LogP contribution >= 0.6 is 0 Å². The molecule has 3 atom stereocenters. The van der Waals surface area contributed by atoms with E-state index in [9.17, 15) is 10.1 Å². The molecule has 1 aliphatic heterocycles. The van der Waals surface area contributed by atoms with Gasteiger partial charge < -0.3 is 14.8 Å². The van der Waals surface area contributed by atoms with Gasteiger partial charge in [0.25, 0.3) is 0 Å². The zero-order chi connectivity index (χ0) is 18.3. The Hall–Kier alpha value is -3.02. The first-order chi connectivity index (χ1) is 12.6. The maximum absolute atomic E-state index is 11.4. The molecule has 1 aliphatic carbocycles. The molecule has 6 heteroatoms. The van der Waals surface area contributed by atoms with E-state index in [0.717, 1.165) is 23.4 Å². The van der Waals surface area contributed by atoms with Gasteiger partial charge in [-0.1, -0.05) is 30.4 Å². The van der Waals surface area contributed by atoms with E-state index >= 15 is 0 Å². The number of allylic oxidation sites excluding steroid dienone is 2. The predicted octanol–water partition coefficient (Wildman–Crippen LogP) is 4.44. The zero-order valence-electron chi connectivity index (χ0n) is 14.6. The number of methoxy groups -OCH3 is 2. The number of nitrogens with zero attached hydrogens (tertiary/aromatic N) is 1. The van der Waals surface area contributed by atoms with Crippen molar-refractivity contribution in [3.8, 4) is 11.5 Å². The minimum absolute atomic E-state index is 0.0138. The minimum atomic E-state index is -0.399. The molecule has 26 heavy (non-hydrogen) atoms. The second kappa shape index (κ2) is 6.37. The molecule has 0 bridgehead atoms. The second-order valence-electron chi connectivity index (χ2n) is 6.59. The zero-order valence-corrected chi connectivity index (χ0v) is 14.6. The van der Waals surface area contributed by atoms with Crippen molar-refractivity contribution in [2.45, 2.75) is 18.4 Å². The molecule has 6 nitrogen and oxygen atoms in total. The van der Waals surface area contributed by atoms with E-state index in [0.29, 0.717) is 5.92 Å². The fourth-order valence-corrected chi connectivity index (χ4v) is 4.14. The first-order valence-corrected chi connectivity index (χ1v) is 8.56. The molecular formula is C20H20N2O4. The van der Waals surface area contributed by atoms with E-state index in [4.69, 9.17) is 9.47 Å². The third kappa shape index (κ3) is 2.49. The number of fused-ring (bicyclic) bond motifs is 3. The van der Waals surface area contributed by atoms with Crippen LogP contribution in [0.5, 0.6) is 11.5 Å². The van der Waals surface area contributed by atoms with Crippen LogP contribution in [0.15, 0.2) is 48.6 Å². The molecule has 0 spiro atoms. The van der Waals surface area contributed by atoms with Crippen molar-refractivity contribution in [3.05, 3.63) is 69.8 Å². The van der Waals surface area contributed by atoms with Crippen LogP contribution in [0.3, 0.4) is 0 Å². The standard InChI is InChI=1S/C20H20N2O4/c1-25-17-10-9-12(11-16(17)22(23)24)19-14-6-3-5-13(14)15-7-4-8-18(26-2)20(15)21-19/h3-5,7-11,13-14,19,21H,6H2,1-2H3/t13-,14-,19-/m0/s1. The topological polar surface area (TPSA) is 73.6 Å². The highest BCUT2D eigenvalue weighted by Gasteiger charge is 2.39. The molecule has 2 aliphatic rings. The average molecular weight is 352 g/mol. The van der Waals surface area contributed by atoms with Crippen LogP contribution in [0.2, 0.25) is 0 Å². The number of nitro benzene ring substituents is 1. The van der Waals surface area contributed by atoms with Gasteiger partial charge in [0.15, 0.2) is 5.75 Å². The average Bonchev–Trinajstić information content (AvgIpc) is 3.16. The quantitative estimate of drug-likeness (QED) is 0.500. The molecule has 4 rings (SSSR count). The number of hydrogen-bond acceptors (Lipinski definition) is 5. The van der Waals surface area contributed by atoms with Crippen LogP contribution in [-0.2, 0) is 0 Å². The summed E-state index contributed by atoms with van der Waals surface area (Å²) in [6.45, 7) is 0. The number of rotatable bonds is 4. The molecule has 134 valence electrons. The van der Waals surface area contributed by atoms with Gasteiger partial charge >= 0.3 is 5.69 Å². The summed E-state index contributed by atoms with van der Waals surface area (Å²) in [5.41, 5.74) is 3.04. The van der Waals surface area contributed by atoms with Gasteiger partial charge in [0, 0.05) is 12.0 Å². The molecule has 0 amide bonds. The van der Waals surface area contributed by atoms with Gasteiger partial charge in [-0.2, -0.15) is 0 Å². The monoisotopic (exact) mass is 352 g/mol. The van der Waals surface area contributed by atoms with E-state index in [2.05, 4.69) is 23.5 Å². The minimum Gasteiger partial charge on any atom is -0.495 e. The summed E-state index contributed by atoms with van der Waals surface area (Å²) in [5, 5.41) is 15.0. The molecule has 2 aromatic rings. The number of ether oxygens (including phenoxy) is 2. The summed E-state index contributed by atoms with van der Waals surface area (Å²) in [4.78, 5) is 11.0. The van der Waals surface area contributed by atoms with Crippen molar-refractivity contribution < 1.29 is 14.4 Å². The van der Waals surface area contributed by atoms with Crippen molar-refractivity contribution in [3.63, 3.8) is 0 Å². The van der Waals surface area contributed by atoms with E-state index in [1.807, 2.05) is 18.2 Å². The molecule has 0 fully saturated rings. The third-order valence-electron chi connectivity index (χ3n) is 5.34. The fraction of sp³-hybridized carbons (Fsp3) is 0.300. The Kier molecular flexibility index (Phi) is 4.03. The number of nitrogens with one attached hydrogen (secondary N) is 1. The van der Waals surface area contributed by atoms with Gasteiger partial charge in [-0.25, -0.2) is 0 Å². The van der Waals surface area contributed by atoms with Gasteiger partial charge in [-0.05, 0) is 35.6 Å². The lowest BCUT2D eigenvalue weighted by Crippen LogP contribution is -2.29. The van der Waals surface area contributed by atoms with E-state index < -0.39 is 4.92 Å². The Balaban J connectivity index is 1.80. The largest absolute Gasteiger partial charge is 0.495 e. The van der Waals surface area contributed by atoms with Crippen LogP contribution in [0.25, 0.3) is 0 Å². The fourth-order valence-electron chi connectivity index (χ4n) is 4.14. The molecule has 2 aromatic carbocycles. The van der Waals surface area contributed by atoms with E-state index in [1.165, 1.54) is 12.7 Å². The van der Waals surface area contributed by atoms with Crippen LogP contribution in [0.1, 0.15) is 29.5 Å². The molecule has 0 aromatic heterocycles. The number of para-hydroxylation sites is 1. The number of benzene rings is 2. The lowest BCUT2D eigenvalue weighted by molar-refractivity contribution is -0.385. The number of hydrogen-bond donors (Lipinski definition) is 1. The Morgan fingerprint density at radius 1 is 1.15 bits per heavy atom. The van der Waals surface area contributed by atoms with Gasteiger partial charge in [0.05, 0.1) is 30.9 Å². The Morgan fingerprint density at radius 2 is 1.96 bits per heavy atom. The molecule has 0 saturated carbocycles. The lowest BCUT2D eigenvalue weighted by Gasteiger charge is -2.38. The van der Waals surface area contributed by atoms with Gasteiger partial charge in [0.2, 0.25) is 0 Å². The maximum atomic E-state index is 11.4. The maximum Gasteiger partial charge on any atom is 0.311 e. The van der Waals surface area contributed by atoms with Crippen LogP contribution in [-0.4, -0.2) is 19.1 Å². The van der Waals surface area contributed by atoms with Crippen molar-refractivity contribution in [2.75, 3.05) is 19.5 Å². The smallest absolute Gasteiger partial charge is 0.311 e. The summed E-state index contributed by atoms with van der Waals surface area (Å²) in [6, 6.07) is 11.2. The van der Waals surface area contributed by atoms with E-state index in [-0.39, 0.29) is 23.4 Å². The molecule has 0 saturated heterocycles. The summed E-state index contributed by atoms with van der Waals surface area (Å²) < 4.78 is 10.7. The first-order valence-electron chi connectivity index (χ1n) is 8.56. The highest BCUT2D eigenvalue weighted by Crippen LogP contribution is 2.52. The Morgan fingerprint density at radius 3 is 2.69 bits per heavy atom. The summed E-state index contributed by atoms with van der Waals surface area (Å²) in [6.07, 6.45) is 5.35. The SMILES string of the molecule is COc1ccc([C@@H]2Nc3c(OC)cccc3[C@H]3C=CC[C@@H]32)cc1[N+](=O)[O-]. The molecule has 0 radical (unpaired) electrons. The lowest BCUT2D eigenvalue weighted by atomic mass is 9.77. The second-order valence-corrected chi connectivity index (χ2v) is 6.59. The van der Waals surface area contributed by atoms with Crippen LogP contribution < -0.4 is 14.8 Å². The first kappa shape index (κ1) is 16.4. The van der Waals surface area contributed by atoms with Crippen molar-refractivity contribution in [2.24, 2.45) is 5.92 Å². The highest BCUT2D eigenvalue weighted by molar-refractivity contribution is 5.68. The summed E-state index contributed by atoms with van der Waals surface area (Å²) >= 11 is 0. The Labute approximate surface area is 151 Å². The van der Waals surface area contributed by atoms with Crippen molar-refractivity contribution in [1.82, 2.24) is 0 Å². The molecular weight excluding hydrogens is 332 g/mol. The third-order valence-corrected chi connectivity index (χ3v) is 5.34. The molecule has 1 N–H and O–H groups in total. The van der Waals surface area contributed by atoms with Crippen molar-refractivity contribution >= 4 is 11.4 Å². The van der Waals surface area contributed by atoms with Crippen molar-refractivity contribution in [1.29, 1.82) is 0 Å². The predicted molar refractivity (Wildman–Crippen MR) is 99.0 cm³/mol. The normalized spacial score (nSPS) is 22.9. The van der Waals surface area contributed by atoms with E-state index in [1.54, 1.807) is 19.2 Å². The number of anilines is 1. The summed E-state index contributed by atoms with van der Waals surface area (Å²) in [7, 11) is 3.10. The summed E-state index contributed by atoms with van der Waals surface area (Å²) in [5.74, 6) is 1.64. The molecule has 1 heterocycles. The van der Waals surface area contributed by atoms with Crippen LogP contribution in [0, 0.1) is 16.0 Å². The van der Waals surface area contributed by atoms with Gasteiger partial charge in [-0.15, -0.1) is 0 Å².